The number of ether oxygens (including phenoxy) is 1. The molecule has 0 aliphatic carbocycles. The van der Waals surface area contributed by atoms with Crippen LogP contribution in [0.3, 0.4) is 0 Å². The van der Waals surface area contributed by atoms with Crippen LogP contribution in [0, 0.1) is 17.7 Å². The first-order valence-electron chi connectivity index (χ1n) is 9.06. The van der Waals surface area contributed by atoms with Gasteiger partial charge in [-0.3, -0.25) is 10.7 Å². The minimum atomic E-state index is -1.74. The summed E-state index contributed by atoms with van der Waals surface area (Å²) >= 11 is 0. The monoisotopic (exact) mass is 414 g/mol. The molecule has 1 aromatic carbocycles. The van der Waals surface area contributed by atoms with Crippen molar-refractivity contribution in [2.75, 3.05) is 12.1 Å². The van der Waals surface area contributed by atoms with Crippen molar-refractivity contribution >= 4 is 16.9 Å². The lowest BCUT2D eigenvalue weighted by molar-refractivity contribution is -0.0948. The highest BCUT2D eigenvalue weighted by Gasteiger charge is 2.53. The van der Waals surface area contributed by atoms with Crippen LogP contribution in [0.1, 0.15) is 24.3 Å². The highest BCUT2D eigenvalue weighted by molar-refractivity contribution is 5.93. The van der Waals surface area contributed by atoms with E-state index in [1.54, 1.807) is 6.20 Å². The smallest absolute Gasteiger partial charge is 0.167 e. The second-order valence-corrected chi connectivity index (χ2v) is 7.12. The van der Waals surface area contributed by atoms with E-state index in [0.717, 1.165) is 0 Å². The molecule has 10 heteroatoms. The number of aliphatic hydroxyl groups excluding tert-OH is 2. The second-order valence-electron chi connectivity index (χ2n) is 7.12. The molecule has 4 atom stereocenters. The van der Waals surface area contributed by atoms with Gasteiger partial charge in [-0.05, 0) is 31.2 Å². The first-order valence-corrected chi connectivity index (χ1v) is 9.06. The van der Waals surface area contributed by atoms with E-state index in [2.05, 4.69) is 21.8 Å². The number of nitrogens with one attached hydrogen (secondary N) is 1. The molecule has 156 valence electrons. The van der Waals surface area contributed by atoms with Crippen LogP contribution >= 0.6 is 0 Å². The van der Waals surface area contributed by atoms with Gasteiger partial charge in [0.1, 0.15) is 35.6 Å². The fourth-order valence-electron chi connectivity index (χ4n) is 3.51. The van der Waals surface area contributed by atoms with Crippen molar-refractivity contribution in [1.29, 1.82) is 0 Å². The molecule has 5 N–H and O–H groups in total. The first-order chi connectivity index (χ1) is 14.4. The Labute approximate surface area is 170 Å². The lowest BCUT2D eigenvalue weighted by Gasteiger charge is -2.27. The average Bonchev–Trinajstić information content (AvgIpc) is 3.22. The van der Waals surface area contributed by atoms with E-state index in [0.29, 0.717) is 16.5 Å². The van der Waals surface area contributed by atoms with Crippen molar-refractivity contribution in [3.05, 3.63) is 53.7 Å². The van der Waals surface area contributed by atoms with E-state index in [-0.39, 0.29) is 17.3 Å². The molecule has 1 fully saturated rings. The summed E-state index contributed by atoms with van der Waals surface area (Å²) in [4.78, 5) is 8.19. The zero-order valence-corrected chi connectivity index (χ0v) is 15.8. The summed E-state index contributed by atoms with van der Waals surface area (Å²) in [5.41, 5.74) is 1.49. The summed E-state index contributed by atoms with van der Waals surface area (Å²) in [7, 11) is 0. The molecule has 1 saturated heterocycles. The van der Waals surface area contributed by atoms with Gasteiger partial charge in [0.2, 0.25) is 0 Å². The molecule has 3 aromatic rings. The Balaban J connectivity index is 1.86. The minimum Gasteiger partial charge on any atom is -0.394 e. The van der Waals surface area contributed by atoms with Gasteiger partial charge in [0.15, 0.2) is 12.0 Å². The van der Waals surface area contributed by atoms with Gasteiger partial charge in [-0.15, -0.1) is 0 Å². The van der Waals surface area contributed by atoms with Gasteiger partial charge in [-0.1, -0.05) is 11.8 Å². The summed E-state index contributed by atoms with van der Waals surface area (Å²) in [5, 5.41) is 40.4. The average molecular weight is 414 g/mol. The Morgan fingerprint density at radius 3 is 2.63 bits per heavy atom. The van der Waals surface area contributed by atoms with Gasteiger partial charge in [-0.2, -0.15) is 0 Å². The Bertz CT molecular complexity index is 1140. The molecule has 4 rings (SSSR count). The standard InChI is InChI=1S/C20H19FN4O5/c1-20(28)16(27)14(9-26)30-19(20)25-8-12(5-2-11-3-6-13(21)7-4-11)15-17(24-29)22-10-23-18(15)25/h3-4,6-8,10,14,16,19,26-29H,9H2,1H3,(H,22,23,24)/t14-,16-,19-,20-/m1/s1. The topological polar surface area (TPSA) is 133 Å². The minimum absolute atomic E-state index is 0.0825. The third-order valence-corrected chi connectivity index (χ3v) is 5.09. The number of hydrogen-bond acceptors (Lipinski definition) is 8. The van der Waals surface area contributed by atoms with E-state index in [1.165, 1.54) is 42.1 Å². The second kappa shape index (κ2) is 7.64. The summed E-state index contributed by atoms with van der Waals surface area (Å²) < 4.78 is 20.3. The molecule has 3 heterocycles. The zero-order valence-electron chi connectivity index (χ0n) is 15.8. The number of aliphatic hydroxyl groups is 3. The van der Waals surface area contributed by atoms with Crippen LogP contribution in [0.2, 0.25) is 0 Å². The molecule has 0 bridgehead atoms. The lowest BCUT2D eigenvalue weighted by atomic mass is 9.96. The molecule has 0 amide bonds. The molecule has 0 unspecified atom stereocenters. The number of anilines is 1. The lowest BCUT2D eigenvalue weighted by Crippen LogP contribution is -2.44. The maximum absolute atomic E-state index is 13.1. The van der Waals surface area contributed by atoms with Crippen LogP contribution in [0.15, 0.2) is 36.8 Å². The SMILES string of the molecule is C[C@@]1(O)[C@H](O)[C@@H](CO)O[C@H]1n1cc(C#Cc2ccc(F)cc2)c2c(NO)ncnc21. The van der Waals surface area contributed by atoms with E-state index in [9.17, 15) is 24.9 Å². The number of aromatic nitrogens is 3. The van der Waals surface area contributed by atoms with Crippen molar-refractivity contribution < 1.29 is 29.7 Å². The van der Waals surface area contributed by atoms with Gasteiger partial charge < -0.3 is 24.6 Å². The van der Waals surface area contributed by atoms with Gasteiger partial charge in [0, 0.05) is 11.8 Å². The van der Waals surface area contributed by atoms with Crippen molar-refractivity contribution in [2.24, 2.45) is 0 Å². The molecule has 1 aliphatic rings. The number of halogens is 1. The van der Waals surface area contributed by atoms with Crippen molar-refractivity contribution in [1.82, 2.24) is 14.5 Å². The van der Waals surface area contributed by atoms with Crippen LogP contribution in [-0.2, 0) is 4.74 Å². The van der Waals surface area contributed by atoms with Crippen LogP contribution < -0.4 is 5.48 Å². The molecule has 1 aliphatic heterocycles. The van der Waals surface area contributed by atoms with Gasteiger partial charge in [0.05, 0.1) is 17.6 Å². The molecule has 30 heavy (non-hydrogen) atoms. The van der Waals surface area contributed by atoms with Crippen molar-refractivity contribution in [3.63, 3.8) is 0 Å². The Morgan fingerprint density at radius 1 is 1.27 bits per heavy atom. The maximum Gasteiger partial charge on any atom is 0.167 e. The summed E-state index contributed by atoms with van der Waals surface area (Å²) in [6, 6.07) is 5.63. The van der Waals surface area contributed by atoms with Crippen molar-refractivity contribution in [3.8, 4) is 11.8 Å². The number of nitrogens with zero attached hydrogens (tertiary/aromatic N) is 3. The maximum atomic E-state index is 13.1. The Hall–Kier alpha value is -3.07. The number of fused-ring (bicyclic) bond motifs is 1. The molecule has 0 radical (unpaired) electrons. The van der Waals surface area contributed by atoms with E-state index in [1.807, 2.05) is 5.48 Å². The third-order valence-electron chi connectivity index (χ3n) is 5.09. The summed E-state index contributed by atoms with van der Waals surface area (Å²) in [5.74, 6) is 5.53. The van der Waals surface area contributed by atoms with Gasteiger partial charge in [-0.25, -0.2) is 14.4 Å². The molecular weight excluding hydrogens is 395 g/mol. The molecule has 2 aromatic heterocycles. The Morgan fingerprint density at radius 2 is 2.00 bits per heavy atom. The van der Waals surface area contributed by atoms with Crippen LogP contribution in [-0.4, -0.2) is 59.5 Å². The van der Waals surface area contributed by atoms with E-state index < -0.39 is 30.6 Å². The summed E-state index contributed by atoms with van der Waals surface area (Å²) in [6.45, 7) is 0.906. The molecule has 9 nitrogen and oxygen atoms in total. The molecular formula is C20H19FN4O5. The Kier molecular flexibility index (Phi) is 5.15. The quantitative estimate of drug-likeness (QED) is 0.314. The zero-order chi connectivity index (χ0) is 21.5. The van der Waals surface area contributed by atoms with E-state index in [4.69, 9.17) is 4.74 Å². The summed E-state index contributed by atoms with van der Waals surface area (Å²) in [6.07, 6.45) is -0.667. The molecule has 0 saturated carbocycles. The largest absolute Gasteiger partial charge is 0.394 e. The third kappa shape index (κ3) is 3.28. The van der Waals surface area contributed by atoms with Crippen molar-refractivity contribution in [2.45, 2.75) is 31.0 Å². The van der Waals surface area contributed by atoms with Crippen LogP contribution in [0.4, 0.5) is 10.2 Å². The predicted octanol–water partition coefficient (Wildman–Crippen LogP) is 0.773. The predicted molar refractivity (Wildman–Crippen MR) is 103 cm³/mol. The number of hydrogen-bond donors (Lipinski definition) is 5. The fourth-order valence-corrected chi connectivity index (χ4v) is 3.51. The number of rotatable bonds is 3. The van der Waals surface area contributed by atoms with Gasteiger partial charge >= 0.3 is 0 Å². The highest BCUT2D eigenvalue weighted by Crippen LogP contribution is 2.40. The molecule has 0 spiro atoms. The first kappa shape index (κ1) is 20.2. The highest BCUT2D eigenvalue weighted by atomic mass is 19.1. The number of benzene rings is 1. The van der Waals surface area contributed by atoms with Crippen LogP contribution in [0.25, 0.3) is 11.0 Å². The fraction of sp³-hybridized carbons (Fsp3) is 0.300. The van der Waals surface area contributed by atoms with E-state index >= 15 is 0 Å². The normalized spacial score (nSPS) is 25.9. The van der Waals surface area contributed by atoms with Gasteiger partial charge in [0.25, 0.3) is 0 Å². The van der Waals surface area contributed by atoms with Crippen LogP contribution in [0.5, 0.6) is 0 Å².